The number of thiazole rings is 1. The van der Waals surface area contributed by atoms with Crippen LogP contribution in [-0.4, -0.2) is 21.8 Å². The number of amides is 1. The average Bonchev–Trinajstić information content (AvgIpc) is 3.04. The number of hydrogen-bond donors (Lipinski definition) is 1. The largest absolute Gasteiger partial charge is 0.422 e. The summed E-state index contributed by atoms with van der Waals surface area (Å²) in [4.78, 5) is 41.5. The van der Waals surface area contributed by atoms with Crippen LogP contribution in [-0.2, 0) is 6.42 Å². The molecule has 4 rings (SSSR count). The summed E-state index contributed by atoms with van der Waals surface area (Å²) in [6, 6.07) is 10.0. The zero-order valence-corrected chi connectivity index (χ0v) is 15.2. The number of nitrogens with one attached hydrogen (secondary N) is 1. The highest BCUT2D eigenvalue weighted by atomic mass is 32.1. The molecule has 0 fully saturated rings. The molecule has 0 aliphatic heterocycles. The molecule has 1 amide bonds. The van der Waals surface area contributed by atoms with E-state index in [9.17, 15) is 14.4 Å². The Morgan fingerprint density at radius 1 is 1.26 bits per heavy atom. The predicted molar refractivity (Wildman–Crippen MR) is 103 cm³/mol. The number of fused-ring (bicyclic) bond motifs is 2. The van der Waals surface area contributed by atoms with E-state index in [2.05, 4.69) is 10.3 Å². The second-order valence-electron chi connectivity index (χ2n) is 6.07. The number of carbonyl (C=O) groups is 1. The van der Waals surface area contributed by atoms with Crippen molar-refractivity contribution in [2.75, 3.05) is 6.54 Å². The maximum atomic E-state index is 12.4. The third-order valence-corrected chi connectivity index (χ3v) is 5.03. The van der Waals surface area contributed by atoms with Crippen molar-refractivity contribution in [3.8, 4) is 0 Å². The molecule has 136 valence electrons. The minimum Gasteiger partial charge on any atom is -0.422 e. The molecule has 4 aromatic rings. The zero-order chi connectivity index (χ0) is 19.0. The molecule has 0 spiro atoms. The van der Waals surface area contributed by atoms with Crippen LogP contribution in [0.4, 0.5) is 0 Å². The van der Waals surface area contributed by atoms with Gasteiger partial charge in [0.1, 0.15) is 11.1 Å². The summed E-state index contributed by atoms with van der Waals surface area (Å²) >= 11 is 1.38. The van der Waals surface area contributed by atoms with Gasteiger partial charge in [0.2, 0.25) is 0 Å². The molecule has 1 N–H and O–H groups in total. The number of hydrogen-bond acceptors (Lipinski definition) is 6. The number of aromatic nitrogens is 2. The van der Waals surface area contributed by atoms with Gasteiger partial charge in [0.15, 0.2) is 4.96 Å². The lowest BCUT2D eigenvalue weighted by Gasteiger charge is -2.05. The minimum atomic E-state index is -0.678. The Kier molecular flexibility index (Phi) is 4.33. The molecule has 1 aromatic carbocycles. The Labute approximate surface area is 156 Å². The van der Waals surface area contributed by atoms with E-state index in [1.165, 1.54) is 27.9 Å². The van der Waals surface area contributed by atoms with E-state index in [1.54, 1.807) is 31.2 Å². The first-order valence-corrected chi connectivity index (χ1v) is 9.19. The summed E-state index contributed by atoms with van der Waals surface area (Å²) in [5.74, 6) is -0.504. The Morgan fingerprint density at radius 2 is 2.07 bits per heavy atom. The van der Waals surface area contributed by atoms with Crippen LogP contribution >= 0.6 is 11.3 Å². The van der Waals surface area contributed by atoms with E-state index in [0.29, 0.717) is 28.0 Å². The summed E-state index contributed by atoms with van der Waals surface area (Å²) in [6.45, 7) is 2.05. The van der Waals surface area contributed by atoms with Gasteiger partial charge in [-0.2, -0.15) is 0 Å². The van der Waals surface area contributed by atoms with Crippen LogP contribution in [0.5, 0.6) is 0 Å². The van der Waals surface area contributed by atoms with Gasteiger partial charge in [0.05, 0.1) is 0 Å². The molecule has 7 nitrogen and oxygen atoms in total. The smallest absolute Gasteiger partial charge is 0.349 e. The molecular weight excluding hydrogens is 366 g/mol. The molecule has 0 saturated carbocycles. The lowest BCUT2D eigenvalue weighted by molar-refractivity contribution is 0.0950. The maximum absolute atomic E-state index is 12.4. The van der Waals surface area contributed by atoms with Crippen LogP contribution in [0.15, 0.2) is 55.8 Å². The van der Waals surface area contributed by atoms with Gasteiger partial charge in [0, 0.05) is 41.2 Å². The molecule has 27 heavy (non-hydrogen) atoms. The van der Waals surface area contributed by atoms with Crippen molar-refractivity contribution in [2.45, 2.75) is 13.3 Å². The van der Waals surface area contributed by atoms with Gasteiger partial charge in [0.25, 0.3) is 11.5 Å². The third kappa shape index (κ3) is 3.26. The summed E-state index contributed by atoms with van der Waals surface area (Å²) in [5, 5.41) is 5.23. The van der Waals surface area contributed by atoms with Gasteiger partial charge in [-0.15, -0.1) is 11.3 Å². The third-order valence-electron chi connectivity index (χ3n) is 4.16. The van der Waals surface area contributed by atoms with E-state index >= 15 is 0 Å². The number of carbonyl (C=O) groups excluding carboxylic acids is 1. The second kappa shape index (κ2) is 6.81. The van der Waals surface area contributed by atoms with Crippen LogP contribution in [0.25, 0.3) is 15.9 Å². The first-order valence-electron chi connectivity index (χ1n) is 8.31. The first kappa shape index (κ1) is 17.2. The van der Waals surface area contributed by atoms with Gasteiger partial charge in [-0.3, -0.25) is 14.0 Å². The highest BCUT2D eigenvalue weighted by Gasteiger charge is 2.14. The second-order valence-corrected chi connectivity index (χ2v) is 6.91. The fourth-order valence-electron chi connectivity index (χ4n) is 2.88. The lowest BCUT2D eigenvalue weighted by Crippen LogP contribution is -2.30. The summed E-state index contributed by atoms with van der Waals surface area (Å²) < 4.78 is 6.72. The molecule has 3 heterocycles. The number of rotatable bonds is 4. The fraction of sp³-hybridized carbons (Fsp3) is 0.158. The van der Waals surface area contributed by atoms with Gasteiger partial charge < -0.3 is 9.73 Å². The van der Waals surface area contributed by atoms with Crippen molar-refractivity contribution >= 4 is 33.2 Å². The molecule has 0 saturated heterocycles. The topological polar surface area (TPSA) is 93.7 Å². The summed E-state index contributed by atoms with van der Waals surface area (Å²) in [5.41, 5.74) is 1.01. The number of nitrogens with zero attached hydrogens (tertiary/aromatic N) is 2. The van der Waals surface area contributed by atoms with E-state index in [1.807, 2.05) is 5.38 Å². The predicted octanol–water partition coefficient (Wildman–Crippen LogP) is 2.14. The highest BCUT2D eigenvalue weighted by Crippen LogP contribution is 2.14. The zero-order valence-electron chi connectivity index (χ0n) is 14.4. The van der Waals surface area contributed by atoms with Crippen LogP contribution in [0.1, 0.15) is 21.7 Å². The monoisotopic (exact) mass is 381 g/mol. The average molecular weight is 381 g/mol. The van der Waals surface area contributed by atoms with Crippen molar-refractivity contribution < 1.29 is 9.21 Å². The first-order chi connectivity index (χ1) is 13.0. The van der Waals surface area contributed by atoms with Crippen LogP contribution in [0.2, 0.25) is 0 Å². The normalized spacial score (nSPS) is 11.1. The fourth-order valence-corrected chi connectivity index (χ4v) is 3.85. The quantitative estimate of drug-likeness (QED) is 0.547. The standard InChI is InChI=1S/C19H15N3O4S/c1-11-8-16(23)22-13(10-27-19(22)21-11)6-7-20-17(24)14-9-12-4-2-3-5-15(12)26-18(14)25/h2-5,8-10H,6-7H2,1H3,(H,20,24). The van der Waals surface area contributed by atoms with Gasteiger partial charge in [-0.05, 0) is 19.1 Å². The molecule has 0 atom stereocenters. The van der Waals surface area contributed by atoms with Gasteiger partial charge in [-0.1, -0.05) is 18.2 Å². The van der Waals surface area contributed by atoms with Crippen molar-refractivity contribution in [1.29, 1.82) is 0 Å². The molecule has 3 aromatic heterocycles. The molecular formula is C19H15N3O4S. The van der Waals surface area contributed by atoms with Crippen LogP contribution < -0.4 is 16.5 Å². The SMILES string of the molecule is Cc1cc(=O)n2c(CCNC(=O)c3cc4ccccc4oc3=O)csc2n1. The highest BCUT2D eigenvalue weighted by molar-refractivity contribution is 7.15. The Morgan fingerprint density at radius 3 is 2.93 bits per heavy atom. The molecule has 8 heteroatoms. The van der Waals surface area contributed by atoms with Crippen molar-refractivity contribution in [3.05, 3.63) is 79.5 Å². The van der Waals surface area contributed by atoms with Crippen molar-refractivity contribution in [2.24, 2.45) is 0 Å². The Balaban J connectivity index is 1.51. The van der Waals surface area contributed by atoms with Crippen LogP contribution in [0.3, 0.4) is 0 Å². The van der Waals surface area contributed by atoms with Crippen molar-refractivity contribution in [1.82, 2.24) is 14.7 Å². The van der Waals surface area contributed by atoms with Gasteiger partial charge >= 0.3 is 5.63 Å². The number of benzene rings is 1. The number of aryl methyl sites for hydroxylation is 1. The molecule has 0 aliphatic rings. The molecule has 0 unspecified atom stereocenters. The van der Waals surface area contributed by atoms with E-state index in [0.717, 1.165) is 5.69 Å². The van der Waals surface area contributed by atoms with E-state index < -0.39 is 11.5 Å². The molecule has 0 radical (unpaired) electrons. The Hall–Kier alpha value is -3.26. The summed E-state index contributed by atoms with van der Waals surface area (Å²) in [6.07, 6.45) is 0.440. The minimum absolute atomic E-state index is 0.0432. The Bertz CT molecular complexity index is 1290. The van der Waals surface area contributed by atoms with Crippen LogP contribution in [0, 0.1) is 6.92 Å². The number of para-hydroxylation sites is 1. The van der Waals surface area contributed by atoms with E-state index in [4.69, 9.17) is 4.42 Å². The molecule has 0 bridgehead atoms. The van der Waals surface area contributed by atoms with E-state index in [-0.39, 0.29) is 17.7 Å². The maximum Gasteiger partial charge on any atom is 0.349 e. The lowest BCUT2D eigenvalue weighted by atomic mass is 10.2. The summed E-state index contributed by atoms with van der Waals surface area (Å²) in [7, 11) is 0. The van der Waals surface area contributed by atoms with Gasteiger partial charge in [-0.25, -0.2) is 9.78 Å². The van der Waals surface area contributed by atoms with Crippen molar-refractivity contribution in [3.63, 3.8) is 0 Å². The molecule has 0 aliphatic carbocycles.